The van der Waals surface area contributed by atoms with E-state index in [1.54, 1.807) is 0 Å². The van der Waals surface area contributed by atoms with Crippen molar-refractivity contribution in [3.63, 3.8) is 0 Å². The fraction of sp³-hybridized carbons (Fsp3) is 0. The zero-order valence-electron chi connectivity index (χ0n) is 38.0. The first-order valence-corrected chi connectivity index (χ1v) is 38.0. The first-order valence-electron chi connectivity index (χ1n) is 21.8. The number of hydrogen-bond donors (Lipinski definition) is 0. The molecule has 0 aromatic heterocycles. The molecule has 0 fully saturated rings. The minimum absolute atomic E-state index is 1.03. The van der Waals surface area contributed by atoms with Crippen molar-refractivity contribution in [2.75, 3.05) is 0 Å². The second-order valence-electron chi connectivity index (χ2n) is 15.2. The molecule has 0 radical (unpaired) electrons. The Labute approximate surface area is 432 Å². The van der Waals surface area contributed by atoms with Gasteiger partial charge < -0.3 is 0 Å². The van der Waals surface area contributed by atoms with Gasteiger partial charge in [-0.3, -0.25) is 0 Å². The average Bonchev–Trinajstić information content (AvgIpc) is 3.46. The van der Waals surface area contributed by atoms with Crippen LogP contribution in [0.1, 0.15) is 0 Å². The molecule has 0 heterocycles. The predicted octanol–water partition coefficient (Wildman–Crippen LogP) is 6.71. The summed E-state index contributed by atoms with van der Waals surface area (Å²) in [6, 6.07) is 98.8. The molecule has 70 heavy (non-hydrogen) atoms. The maximum absolute atomic E-state index is 8.58. The summed E-state index contributed by atoms with van der Waals surface area (Å²) in [5, 5.41) is 51.5. The Morgan fingerprint density at radius 3 is 0.357 bits per heavy atom. The van der Waals surface area contributed by atoms with Gasteiger partial charge in [-0.1, -0.05) is 0 Å². The van der Waals surface area contributed by atoms with Crippen LogP contribution in [-0.4, -0.2) is 59.3 Å². The van der Waals surface area contributed by atoms with Gasteiger partial charge in [-0.15, -0.1) is 0 Å². The quantitative estimate of drug-likeness (QED) is 0.147. The Balaban J connectivity index is 0.000000155. The third kappa shape index (κ3) is 12.7. The molecule has 0 aliphatic carbocycles. The summed E-state index contributed by atoms with van der Waals surface area (Å²) in [6.07, 6.45) is 0. The van der Waals surface area contributed by atoms with Gasteiger partial charge in [-0.05, 0) is 0 Å². The van der Waals surface area contributed by atoms with Crippen LogP contribution in [0.15, 0.2) is 273 Å². The van der Waals surface area contributed by atoms with Crippen LogP contribution in [0.5, 0.6) is 0 Å². The number of benzene rings is 9. The van der Waals surface area contributed by atoms with Gasteiger partial charge in [0.15, 0.2) is 0 Å². The number of nitrogens with zero attached hydrogens (tertiary/aromatic N) is 6. The second-order valence-corrected chi connectivity index (χ2v) is 42.1. The fourth-order valence-electron chi connectivity index (χ4n) is 7.21. The van der Waals surface area contributed by atoms with Gasteiger partial charge in [0.25, 0.3) is 0 Å². The average molecular weight is 1260 g/mol. The standard InChI is InChI=1S/9C6H5.6CN.Fe.3Sn/c9*1-2-4-6-5-3-1;6*1-2;;;;/h9*1-5H;;;;;;;;;;/q;;;;;;;;;;;;;;;-3;3*+1. The van der Waals surface area contributed by atoms with Crippen molar-refractivity contribution in [3.8, 4) is 29.8 Å². The minimum atomic E-state index is -6.17. The monoisotopic (exact) mass is 1270 g/mol. The van der Waals surface area contributed by atoms with Crippen LogP contribution in [0.4, 0.5) is 0 Å². The molecule has 0 N–H and O–H groups in total. The van der Waals surface area contributed by atoms with Crippen molar-refractivity contribution in [2.45, 2.75) is 0 Å². The molecule has 0 aliphatic rings. The first-order chi connectivity index (χ1) is 34.3. The van der Waals surface area contributed by atoms with Crippen LogP contribution in [0, 0.1) is 61.4 Å². The molecule has 0 unspecified atom stereocenters. The summed E-state index contributed by atoms with van der Waals surface area (Å²) in [5.74, 6) is 0. The van der Waals surface area contributed by atoms with E-state index in [1.807, 2.05) is 0 Å². The van der Waals surface area contributed by atoms with E-state index >= 15 is 0 Å². The van der Waals surface area contributed by atoms with E-state index in [1.165, 1.54) is 32.2 Å². The molecule has 335 valence electrons. The fourth-order valence-corrected chi connectivity index (χ4v) is 30.1. The van der Waals surface area contributed by atoms with Crippen LogP contribution >= 0.6 is 0 Å². The van der Waals surface area contributed by atoms with Crippen molar-refractivity contribution in [2.24, 2.45) is 0 Å². The Morgan fingerprint density at radius 2 is 0.286 bits per heavy atom. The predicted molar refractivity (Wildman–Crippen MR) is 286 cm³/mol. The zero-order valence-corrected chi connectivity index (χ0v) is 47.7. The van der Waals surface area contributed by atoms with Crippen LogP contribution in [0.2, 0.25) is 0 Å². The molecule has 9 aromatic rings. The number of hydrogen-bond acceptors (Lipinski definition) is 6. The normalized spacial score (nSPS) is 10.7. The molecule has 6 nitrogen and oxygen atoms in total. The molecule has 9 aromatic carbocycles. The molecule has 0 bridgehead atoms. The van der Waals surface area contributed by atoms with Crippen LogP contribution < -0.4 is 32.2 Å². The summed E-state index contributed by atoms with van der Waals surface area (Å²) in [5.41, 5.74) is 0. The first kappa shape index (κ1) is 52.2. The molecule has 0 saturated heterocycles. The van der Waals surface area contributed by atoms with Crippen molar-refractivity contribution in [1.29, 1.82) is 31.6 Å². The van der Waals surface area contributed by atoms with Crippen molar-refractivity contribution < 1.29 is 10.7 Å². The molecule has 0 aliphatic heterocycles. The van der Waals surface area contributed by atoms with Gasteiger partial charge >= 0.3 is 437 Å². The topological polar surface area (TPSA) is 143 Å². The summed E-state index contributed by atoms with van der Waals surface area (Å²) in [7, 11) is -6.17. The van der Waals surface area contributed by atoms with Gasteiger partial charge in [0, 0.05) is 0 Å². The number of nitriles is 6. The van der Waals surface area contributed by atoms with E-state index in [0.29, 0.717) is 0 Å². The molecule has 0 amide bonds. The second kappa shape index (κ2) is 25.4. The molecule has 9 rings (SSSR count). The van der Waals surface area contributed by atoms with Gasteiger partial charge in [0.05, 0.1) is 0 Å². The molecule has 0 atom stereocenters. The van der Waals surface area contributed by atoms with E-state index in [9.17, 15) is 0 Å². The summed E-state index contributed by atoms with van der Waals surface area (Å²) in [6.45, 7) is 0. The maximum atomic E-state index is 8.58. The third-order valence-corrected chi connectivity index (χ3v) is 37.8. The van der Waals surface area contributed by atoms with Gasteiger partial charge in [-0.2, -0.15) is 0 Å². The van der Waals surface area contributed by atoms with E-state index in [4.69, 9.17) is 31.6 Å². The summed E-state index contributed by atoms with van der Waals surface area (Å²) < 4.78 is 13.8. The Kier molecular flexibility index (Phi) is 19.0. The molecular weight excluding hydrogens is 1220 g/mol. The van der Waals surface area contributed by atoms with Gasteiger partial charge in [0.2, 0.25) is 0 Å². The Bertz CT molecular complexity index is 2610. The summed E-state index contributed by atoms with van der Waals surface area (Å²) in [4.78, 5) is 6.19. The molecule has 10 heteroatoms. The zero-order chi connectivity index (χ0) is 49.4. The van der Waals surface area contributed by atoms with E-state index in [-0.39, 0.29) is 0 Å². The molecule has 0 spiro atoms. The number of rotatable bonds is 9. The van der Waals surface area contributed by atoms with Gasteiger partial charge in [0.1, 0.15) is 0 Å². The summed E-state index contributed by atoms with van der Waals surface area (Å²) >= 11 is -5.94. The van der Waals surface area contributed by atoms with E-state index in [0.717, 1.165) is 29.8 Å². The van der Waals surface area contributed by atoms with Crippen LogP contribution in [-0.2, 0) is 10.7 Å². The van der Waals surface area contributed by atoms with Gasteiger partial charge in [-0.25, -0.2) is 0 Å². The molecule has 0 saturated carbocycles. The van der Waals surface area contributed by atoms with Crippen LogP contribution in [0.25, 0.3) is 0 Å². The SMILES string of the molecule is N#[C][Fe-3]([C]#N)([C]#N)([C]#N)([C]#N)[C]#N.c1cc[c]([Sn+]([c]2ccccc2)[c]2ccccc2)cc1.c1cc[c]([Sn+]([c]2ccccc2)[c]2ccccc2)cc1.c1cc[c]([Sn+]([c]2ccccc2)[c]2ccccc2)cc1. The Hall–Kier alpha value is -7.16. The third-order valence-electron chi connectivity index (χ3n) is 10.7. The molecular formula is C60H45FeN6Sn3. The van der Waals surface area contributed by atoms with Crippen molar-refractivity contribution >= 4 is 91.5 Å². The Morgan fingerprint density at radius 1 is 0.186 bits per heavy atom. The van der Waals surface area contributed by atoms with Crippen molar-refractivity contribution in [3.05, 3.63) is 273 Å². The van der Waals surface area contributed by atoms with Crippen molar-refractivity contribution in [1.82, 2.24) is 0 Å². The van der Waals surface area contributed by atoms with Crippen LogP contribution in [0.3, 0.4) is 0 Å². The van der Waals surface area contributed by atoms with E-state index < -0.39 is 70.0 Å². The van der Waals surface area contributed by atoms with E-state index in [2.05, 4.69) is 273 Å².